The zero-order chi connectivity index (χ0) is 20.2. The minimum absolute atomic E-state index is 0.0216. The highest BCUT2D eigenvalue weighted by molar-refractivity contribution is 6.30. The van der Waals surface area contributed by atoms with Gasteiger partial charge >= 0.3 is 12.0 Å². The van der Waals surface area contributed by atoms with E-state index in [0.29, 0.717) is 10.7 Å². The van der Waals surface area contributed by atoms with Crippen molar-refractivity contribution in [1.82, 2.24) is 10.2 Å². The van der Waals surface area contributed by atoms with E-state index in [0.717, 1.165) is 4.90 Å². The Labute approximate surface area is 162 Å². The molecule has 1 aliphatic rings. The van der Waals surface area contributed by atoms with Gasteiger partial charge in [0.25, 0.3) is 11.8 Å². The van der Waals surface area contributed by atoms with Gasteiger partial charge in [-0.2, -0.15) is 0 Å². The summed E-state index contributed by atoms with van der Waals surface area (Å²) in [5, 5.41) is 5.64. The second kappa shape index (κ2) is 8.39. The van der Waals surface area contributed by atoms with E-state index in [1.54, 1.807) is 38.1 Å². The molecule has 8 nitrogen and oxygen atoms in total. The van der Waals surface area contributed by atoms with Crippen LogP contribution in [0.5, 0.6) is 0 Å². The Morgan fingerprint density at radius 3 is 2.63 bits per heavy atom. The van der Waals surface area contributed by atoms with Gasteiger partial charge in [-0.25, -0.2) is 4.79 Å². The van der Waals surface area contributed by atoms with E-state index in [1.807, 2.05) is 0 Å². The SMILES string of the molecule is C[C@H](OC(=O)CCCN1C(=O)NC(C)(C)C1=O)C(=O)Nc1cccc(Cl)c1. The number of urea groups is 1. The highest BCUT2D eigenvalue weighted by Crippen LogP contribution is 2.17. The number of halogens is 1. The lowest BCUT2D eigenvalue weighted by Gasteiger charge is -2.16. The first-order valence-electron chi connectivity index (χ1n) is 8.50. The molecule has 0 unspecified atom stereocenters. The number of rotatable bonds is 7. The van der Waals surface area contributed by atoms with Crippen LogP contribution in [0, 0.1) is 0 Å². The van der Waals surface area contributed by atoms with Crippen LogP contribution in [0.25, 0.3) is 0 Å². The van der Waals surface area contributed by atoms with Gasteiger partial charge in [-0.05, 0) is 45.4 Å². The van der Waals surface area contributed by atoms with Crippen LogP contribution in [-0.4, -0.2) is 46.9 Å². The van der Waals surface area contributed by atoms with Crippen LogP contribution < -0.4 is 10.6 Å². The molecule has 0 radical (unpaired) electrons. The smallest absolute Gasteiger partial charge is 0.325 e. The first-order chi connectivity index (χ1) is 12.6. The van der Waals surface area contributed by atoms with E-state index in [4.69, 9.17) is 16.3 Å². The number of esters is 1. The molecule has 1 aromatic rings. The molecule has 0 bridgehead atoms. The summed E-state index contributed by atoms with van der Waals surface area (Å²) in [6.45, 7) is 4.79. The molecule has 9 heteroatoms. The number of hydrogen-bond donors (Lipinski definition) is 2. The number of nitrogens with zero attached hydrogens (tertiary/aromatic N) is 1. The molecular weight excluding hydrogens is 374 g/mol. The second-order valence-electron chi connectivity index (χ2n) is 6.75. The summed E-state index contributed by atoms with van der Waals surface area (Å²) in [6.07, 6.45) is -0.768. The van der Waals surface area contributed by atoms with Crippen molar-refractivity contribution < 1.29 is 23.9 Å². The van der Waals surface area contributed by atoms with E-state index >= 15 is 0 Å². The number of carbonyl (C=O) groups is 4. The number of benzene rings is 1. The van der Waals surface area contributed by atoms with Crippen LogP contribution in [0.15, 0.2) is 24.3 Å². The van der Waals surface area contributed by atoms with Crippen LogP contribution >= 0.6 is 11.6 Å². The number of nitrogens with one attached hydrogen (secondary N) is 2. The third kappa shape index (κ3) is 5.43. The summed E-state index contributed by atoms with van der Waals surface area (Å²) in [4.78, 5) is 48.8. The first kappa shape index (κ1) is 20.7. The Balaban J connectivity index is 1.76. The molecule has 146 valence electrons. The summed E-state index contributed by atoms with van der Waals surface area (Å²) in [7, 11) is 0. The van der Waals surface area contributed by atoms with Crippen molar-refractivity contribution in [2.45, 2.75) is 45.3 Å². The number of amides is 4. The van der Waals surface area contributed by atoms with Crippen molar-refractivity contribution in [3.63, 3.8) is 0 Å². The largest absolute Gasteiger partial charge is 0.453 e. The molecule has 2 rings (SSSR count). The normalized spacial score (nSPS) is 16.7. The van der Waals surface area contributed by atoms with Gasteiger partial charge in [0.05, 0.1) is 0 Å². The van der Waals surface area contributed by atoms with E-state index in [2.05, 4.69) is 10.6 Å². The summed E-state index contributed by atoms with van der Waals surface area (Å²) in [5.74, 6) is -1.41. The molecule has 1 aromatic carbocycles. The molecule has 1 fully saturated rings. The monoisotopic (exact) mass is 395 g/mol. The zero-order valence-electron chi connectivity index (χ0n) is 15.4. The maximum Gasteiger partial charge on any atom is 0.325 e. The third-order valence-electron chi connectivity index (χ3n) is 3.98. The van der Waals surface area contributed by atoms with Gasteiger partial charge in [-0.1, -0.05) is 17.7 Å². The lowest BCUT2D eigenvalue weighted by molar-refractivity contribution is -0.153. The standard InChI is InChI=1S/C18H22ClN3O5/c1-11(15(24)20-13-7-4-6-12(19)10-13)27-14(23)8-5-9-22-16(25)18(2,3)21-17(22)26/h4,6-7,10-11H,5,8-9H2,1-3H3,(H,20,24)(H,21,26)/t11-/m0/s1. The van der Waals surface area contributed by atoms with Crippen molar-refractivity contribution in [1.29, 1.82) is 0 Å². The van der Waals surface area contributed by atoms with Crippen LogP contribution in [0.3, 0.4) is 0 Å². The molecule has 1 saturated heterocycles. The summed E-state index contributed by atoms with van der Waals surface area (Å²) in [5.41, 5.74) is -0.443. The minimum atomic E-state index is -0.993. The van der Waals surface area contributed by atoms with Gasteiger partial charge in [0.15, 0.2) is 6.10 Å². The molecule has 0 aliphatic carbocycles. The maximum atomic E-state index is 12.1. The van der Waals surface area contributed by atoms with Gasteiger partial charge in [0, 0.05) is 23.7 Å². The lowest BCUT2D eigenvalue weighted by atomic mass is 10.1. The average Bonchev–Trinajstić information content (AvgIpc) is 2.76. The predicted octanol–water partition coefficient (Wildman–Crippen LogP) is 2.32. The Hall–Kier alpha value is -2.61. The fourth-order valence-corrected chi connectivity index (χ4v) is 2.71. The molecule has 4 amide bonds. The summed E-state index contributed by atoms with van der Waals surface area (Å²) in [6, 6.07) is 6.12. The predicted molar refractivity (Wildman–Crippen MR) is 99.2 cm³/mol. The fraction of sp³-hybridized carbons (Fsp3) is 0.444. The van der Waals surface area contributed by atoms with Gasteiger partial charge in [0.1, 0.15) is 5.54 Å². The van der Waals surface area contributed by atoms with E-state index in [1.165, 1.54) is 6.92 Å². The number of anilines is 1. The van der Waals surface area contributed by atoms with Gasteiger partial charge < -0.3 is 15.4 Å². The highest BCUT2D eigenvalue weighted by Gasteiger charge is 2.43. The fourth-order valence-electron chi connectivity index (χ4n) is 2.52. The number of carbonyl (C=O) groups excluding carboxylic acids is 4. The Kier molecular flexibility index (Phi) is 6.43. The molecular formula is C18H22ClN3O5. The number of ether oxygens (including phenoxy) is 1. The van der Waals surface area contributed by atoms with Gasteiger partial charge in [0.2, 0.25) is 0 Å². The van der Waals surface area contributed by atoms with Crippen LogP contribution in [0.4, 0.5) is 10.5 Å². The van der Waals surface area contributed by atoms with Crippen LogP contribution in [-0.2, 0) is 19.1 Å². The topological polar surface area (TPSA) is 105 Å². The summed E-state index contributed by atoms with van der Waals surface area (Å²) >= 11 is 5.85. The molecule has 2 N–H and O–H groups in total. The second-order valence-corrected chi connectivity index (χ2v) is 7.18. The van der Waals surface area contributed by atoms with Gasteiger partial charge in [-0.15, -0.1) is 0 Å². The third-order valence-corrected chi connectivity index (χ3v) is 4.21. The van der Waals surface area contributed by atoms with Crippen molar-refractivity contribution in [3.05, 3.63) is 29.3 Å². The summed E-state index contributed by atoms with van der Waals surface area (Å²) < 4.78 is 5.09. The Bertz CT molecular complexity index is 765. The Morgan fingerprint density at radius 1 is 1.33 bits per heavy atom. The lowest BCUT2D eigenvalue weighted by Crippen LogP contribution is -2.40. The quantitative estimate of drug-likeness (QED) is 0.544. The molecule has 0 spiro atoms. The average molecular weight is 396 g/mol. The van der Waals surface area contributed by atoms with Crippen LogP contribution in [0.2, 0.25) is 5.02 Å². The van der Waals surface area contributed by atoms with Crippen molar-refractivity contribution in [3.8, 4) is 0 Å². The molecule has 1 heterocycles. The zero-order valence-corrected chi connectivity index (χ0v) is 16.1. The molecule has 27 heavy (non-hydrogen) atoms. The van der Waals surface area contributed by atoms with Crippen molar-refractivity contribution in [2.24, 2.45) is 0 Å². The van der Waals surface area contributed by atoms with E-state index in [-0.39, 0.29) is 25.3 Å². The minimum Gasteiger partial charge on any atom is -0.453 e. The van der Waals surface area contributed by atoms with E-state index < -0.39 is 29.6 Å². The highest BCUT2D eigenvalue weighted by atomic mass is 35.5. The molecule has 0 saturated carbocycles. The first-order valence-corrected chi connectivity index (χ1v) is 8.88. The van der Waals surface area contributed by atoms with Crippen molar-refractivity contribution >= 4 is 41.1 Å². The van der Waals surface area contributed by atoms with E-state index in [9.17, 15) is 19.2 Å². The maximum absolute atomic E-state index is 12.1. The van der Waals surface area contributed by atoms with Gasteiger partial charge in [-0.3, -0.25) is 19.3 Å². The molecule has 0 aromatic heterocycles. The Morgan fingerprint density at radius 2 is 2.04 bits per heavy atom. The van der Waals surface area contributed by atoms with Crippen LogP contribution in [0.1, 0.15) is 33.6 Å². The molecule has 1 aliphatic heterocycles. The number of hydrogen-bond acceptors (Lipinski definition) is 5. The number of imide groups is 1. The molecule has 1 atom stereocenters. The van der Waals surface area contributed by atoms with Crippen molar-refractivity contribution in [2.75, 3.05) is 11.9 Å².